The van der Waals surface area contributed by atoms with Gasteiger partial charge >= 0.3 is 0 Å². The summed E-state index contributed by atoms with van der Waals surface area (Å²) >= 11 is 0. The average molecular weight is 189 g/mol. The highest BCUT2D eigenvalue weighted by atomic mass is 15.5. The van der Waals surface area contributed by atoms with Crippen molar-refractivity contribution in [3.05, 3.63) is 42.6 Å². The molecule has 3 nitrogen and oxygen atoms in total. The normalized spacial score (nSPS) is 15.2. The standard InChI is InChI=1S/C11H15N3/c1-2-13-14(10-6-3-4-7-10)11-8-5-9-12-11/h3-10,12-13H,2H2,1H3. The van der Waals surface area contributed by atoms with Crippen LogP contribution in [-0.2, 0) is 0 Å². The lowest BCUT2D eigenvalue weighted by atomic mass is 10.3. The lowest BCUT2D eigenvalue weighted by Gasteiger charge is -2.27. The Bertz CT molecular complexity index is 312. The van der Waals surface area contributed by atoms with Crippen molar-refractivity contribution in [1.29, 1.82) is 0 Å². The van der Waals surface area contributed by atoms with Crippen molar-refractivity contribution in [2.75, 3.05) is 11.6 Å². The van der Waals surface area contributed by atoms with E-state index in [2.05, 4.69) is 52.7 Å². The maximum absolute atomic E-state index is 3.33. The Morgan fingerprint density at radius 2 is 2.21 bits per heavy atom. The number of hydrogen-bond donors (Lipinski definition) is 2. The summed E-state index contributed by atoms with van der Waals surface area (Å²) in [4.78, 5) is 3.19. The SMILES string of the molecule is CCNN(c1ccc[nH]1)C1C=CC=C1. The molecule has 0 saturated carbocycles. The van der Waals surface area contributed by atoms with Crippen molar-refractivity contribution in [2.24, 2.45) is 0 Å². The van der Waals surface area contributed by atoms with Crippen LogP contribution < -0.4 is 10.4 Å². The predicted octanol–water partition coefficient (Wildman–Crippen LogP) is 1.84. The number of anilines is 1. The third-order valence-corrected chi connectivity index (χ3v) is 2.20. The van der Waals surface area contributed by atoms with E-state index in [1.807, 2.05) is 12.3 Å². The summed E-state index contributed by atoms with van der Waals surface area (Å²) in [6.45, 7) is 3.01. The van der Waals surface area contributed by atoms with Crippen LogP contribution in [0.3, 0.4) is 0 Å². The van der Waals surface area contributed by atoms with Gasteiger partial charge in [0.15, 0.2) is 0 Å². The first-order chi connectivity index (χ1) is 6.92. The molecule has 1 aromatic heterocycles. The van der Waals surface area contributed by atoms with Crippen molar-refractivity contribution >= 4 is 5.82 Å². The molecule has 2 N–H and O–H groups in total. The average Bonchev–Trinajstić information content (AvgIpc) is 2.87. The zero-order valence-electron chi connectivity index (χ0n) is 8.27. The number of nitrogens with one attached hydrogen (secondary N) is 2. The van der Waals surface area contributed by atoms with Crippen LogP contribution in [0.4, 0.5) is 5.82 Å². The van der Waals surface area contributed by atoms with Crippen molar-refractivity contribution in [3.63, 3.8) is 0 Å². The minimum Gasteiger partial charge on any atom is -0.347 e. The number of hydrazine groups is 1. The van der Waals surface area contributed by atoms with Crippen LogP contribution in [0.15, 0.2) is 42.6 Å². The second-order valence-electron chi connectivity index (χ2n) is 3.20. The van der Waals surface area contributed by atoms with Crippen LogP contribution in [0, 0.1) is 0 Å². The second kappa shape index (κ2) is 4.15. The number of allylic oxidation sites excluding steroid dienone is 2. The van der Waals surface area contributed by atoms with Gasteiger partial charge in [0.2, 0.25) is 0 Å². The third kappa shape index (κ3) is 1.72. The van der Waals surface area contributed by atoms with Crippen molar-refractivity contribution in [3.8, 4) is 0 Å². The Kier molecular flexibility index (Phi) is 2.70. The molecular formula is C11H15N3. The van der Waals surface area contributed by atoms with Gasteiger partial charge in [-0.15, -0.1) is 0 Å². The van der Waals surface area contributed by atoms with Crippen LogP contribution in [0.5, 0.6) is 0 Å². The van der Waals surface area contributed by atoms with Crippen molar-refractivity contribution in [1.82, 2.24) is 10.4 Å². The highest BCUT2D eigenvalue weighted by Crippen LogP contribution is 2.15. The number of nitrogens with zero attached hydrogens (tertiary/aromatic N) is 1. The lowest BCUT2D eigenvalue weighted by Crippen LogP contribution is -2.44. The van der Waals surface area contributed by atoms with Gasteiger partial charge in [-0.05, 0) is 12.1 Å². The molecule has 0 fully saturated rings. The maximum Gasteiger partial charge on any atom is 0.121 e. The smallest absolute Gasteiger partial charge is 0.121 e. The molecule has 0 amide bonds. The molecule has 0 aliphatic heterocycles. The minimum atomic E-state index is 0.314. The fourth-order valence-corrected chi connectivity index (χ4v) is 1.58. The second-order valence-corrected chi connectivity index (χ2v) is 3.20. The molecule has 2 rings (SSSR count). The van der Waals surface area contributed by atoms with Gasteiger partial charge in [0, 0.05) is 12.7 Å². The first kappa shape index (κ1) is 9.09. The summed E-state index contributed by atoms with van der Waals surface area (Å²) in [6, 6.07) is 4.37. The van der Waals surface area contributed by atoms with E-state index in [4.69, 9.17) is 0 Å². The Morgan fingerprint density at radius 1 is 1.43 bits per heavy atom. The van der Waals surface area contributed by atoms with Crippen molar-refractivity contribution in [2.45, 2.75) is 13.0 Å². The molecule has 0 radical (unpaired) electrons. The first-order valence-corrected chi connectivity index (χ1v) is 4.93. The molecule has 0 atom stereocenters. The largest absolute Gasteiger partial charge is 0.347 e. The van der Waals surface area contributed by atoms with Gasteiger partial charge in [-0.2, -0.15) is 0 Å². The monoisotopic (exact) mass is 189 g/mol. The molecule has 0 unspecified atom stereocenters. The molecule has 1 aliphatic carbocycles. The fourth-order valence-electron chi connectivity index (χ4n) is 1.58. The molecule has 0 saturated heterocycles. The Hall–Kier alpha value is -1.48. The summed E-state index contributed by atoms with van der Waals surface area (Å²) in [7, 11) is 0. The quantitative estimate of drug-likeness (QED) is 0.708. The van der Waals surface area contributed by atoms with Gasteiger partial charge in [0.25, 0.3) is 0 Å². The molecule has 14 heavy (non-hydrogen) atoms. The van der Waals surface area contributed by atoms with Gasteiger partial charge in [0.05, 0.1) is 6.04 Å². The summed E-state index contributed by atoms with van der Waals surface area (Å²) in [5, 5.41) is 2.12. The number of rotatable bonds is 4. The van der Waals surface area contributed by atoms with E-state index in [9.17, 15) is 0 Å². The molecule has 0 bridgehead atoms. The van der Waals surface area contributed by atoms with E-state index < -0.39 is 0 Å². The molecule has 1 heterocycles. The summed E-state index contributed by atoms with van der Waals surface area (Å²) in [5.74, 6) is 1.09. The van der Waals surface area contributed by atoms with Crippen LogP contribution in [0.1, 0.15) is 6.92 Å². The molecule has 1 aliphatic rings. The molecule has 0 spiro atoms. The molecule has 0 aromatic carbocycles. The third-order valence-electron chi connectivity index (χ3n) is 2.20. The summed E-state index contributed by atoms with van der Waals surface area (Å²) in [5.41, 5.74) is 3.33. The van der Waals surface area contributed by atoms with E-state index in [0.717, 1.165) is 12.4 Å². The zero-order chi connectivity index (χ0) is 9.80. The van der Waals surface area contributed by atoms with E-state index >= 15 is 0 Å². The van der Waals surface area contributed by atoms with Gasteiger partial charge < -0.3 is 4.98 Å². The van der Waals surface area contributed by atoms with E-state index in [1.54, 1.807) is 0 Å². The van der Waals surface area contributed by atoms with Gasteiger partial charge in [-0.25, -0.2) is 5.43 Å². The maximum atomic E-state index is 3.33. The Labute approximate surface area is 84.1 Å². The van der Waals surface area contributed by atoms with Crippen LogP contribution in [0.25, 0.3) is 0 Å². The molecular weight excluding hydrogens is 174 g/mol. The van der Waals surface area contributed by atoms with Crippen LogP contribution in [-0.4, -0.2) is 17.6 Å². The Morgan fingerprint density at radius 3 is 2.79 bits per heavy atom. The molecule has 74 valence electrons. The summed E-state index contributed by atoms with van der Waals surface area (Å²) in [6.07, 6.45) is 10.4. The van der Waals surface area contributed by atoms with Gasteiger partial charge in [-0.1, -0.05) is 31.2 Å². The van der Waals surface area contributed by atoms with Crippen molar-refractivity contribution < 1.29 is 0 Å². The van der Waals surface area contributed by atoms with Crippen LogP contribution >= 0.6 is 0 Å². The zero-order valence-corrected chi connectivity index (χ0v) is 8.27. The first-order valence-electron chi connectivity index (χ1n) is 4.93. The molecule has 1 aromatic rings. The van der Waals surface area contributed by atoms with E-state index in [0.29, 0.717) is 6.04 Å². The number of aromatic amines is 1. The van der Waals surface area contributed by atoms with Gasteiger partial charge in [0.1, 0.15) is 5.82 Å². The number of aromatic nitrogens is 1. The van der Waals surface area contributed by atoms with E-state index in [1.165, 1.54) is 0 Å². The highest BCUT2D eigenvalue weighted by Gasteiger charge is 2.15. The van der Waals surface area contributed by atoms with Crippen LogP contribution in [0.2, 0.25) is 0 Å². The number of hydrogen-bond acceptors (Lipinski definition) is 2. The number of H-pyrrole nitrogens is 1. The summed E-state index contributed by atoms with van der Waals surface area (Å²) < 4.78 is 0. The molecule has 3 heteroatoms. The Balaban J connectivity index is 2.15. The van der Waals surface area contributed by atoms with E-state index in [-0.39, 0.29) is 0 Å². The van der Waals surface area contributed by atoms with Gasteiger partial charge in [-0.3, -0.25) is 5.01 Å². The minimum absolute atomic E-state index is 0.314. The highest BCUT2D eigenvalue weighted by molar-refractivity contribution is 5.44. The predicted molar refractivity (Wildman–Crippen MR) is 59.0 cm³/mol. The topological polar surface area (TPSA) is 31.1 Å². The fraction of sp³-hybridized carbons (Fsp3) is 0.273. The lowest BCUT2D eigenvalue weighted by molar-refractivity contribution is 0.630.